The van der Waals surface area contributed by atoms with Crippen molar-refractivity contribution >= 4 is 33.8 Å². The first-order valence-electron chi connectivity index (χ1n) is 16.7. The van der Waals surface area contributed by atoms with Crippen LogP contribution in [-0.2, 0) is 22.4 Å². The van der Waals surface area contributed by atoms with Crippen LogP contribution in [-0.4, -0.2) is 89.6 Å². The van der Waals surface area contributed by atoms with E-state index in [0.717, 1.165) is 11.1 Å². The topological polar surface area (TPSA) is 212 Å². The molecular weight excluding hydrogens is 644 g/mol. The van der Waals surface area contributed by atoms with Crippen molar-refractivity contribution in [3.8, 4) is 23.0 Å². The van der Waals surface area contributed by atoms with Gasteiger partial charge in [0.05, 0.1) is 12.5 Å². The second-order valence-corrected chi connectivity index (χ2v) is 12.1. The quantitative estimate of drug-likeness (QED) is 0.0483. The van der Waals surface area contributed by atoms with E-state index in [2.05, 4.69) is 21.3 Å². The van der Waals surface area contributed by atoms with Crippen LogP contribution in [0, 0.1) is 0 Å². The summed E-state index contributed by atoms with van der Waals surface area (Å²) in [6, 6.07) is 3.00. The molecule has 0 radical (unpaired) electrons. The number of rotatable bonds is 21. The second-order valence-electron chi connectivity index (χ2n) is 12.1. The summed E-state index contributed by atoms with van der Waals surface area (Å²) < 4.78 is 23.9. The van der Waals surface area contributed by atoms with Crippen LogP contribution in [0.1, 0.15) is 38.8 Å². The third-order valence-corrected chi connectivity index (χ3v) is 7.55. The van der Waals surface area contributed by atoms with Crippen LogP contribution in [0.15, 0.2) is 44.6 Å². The lowest BCUT2D eigenvalue weighted by Crippen LogP contribution is -2.36. The van der Waals surface area contributed by atoms with Crippen LogP contribution >= 0.6 is 0 Å². The highest BCUT2D eigenvalue weighted by atomic mass is 16.5. The largest absolute Gasteiger partial charge is 0.507 e. The van der Waals surface area contributed by atoms with Gasteiger partial charge in [-0.1, -0.05) is 23.3 Å². The van der Waals surface area contributed by atoms with Crippen molar-refractivity contribution < 1.29 is 33.3 Å². The Labute approximate surface area is 292 Å². The van der Waals surface area contributed by atoms with Gasteiger partial charge in [-0.05, 0) is 40.5 Å². The minimum absolute atomic E-state index is 0.0331. The molecule has 14 heteroatoms. The Balaban J connectivity index is 2.10. The third-order valence-electron chi connectivity index (χ3n) is 7.55. The number of allylic oxidation sites excluding steroid dienone is 4. The molecule has 0 spiro atoms. The highest BCUT2D eigenvalue weighted by molar-refractivity contribution is 5.98. The molecule has 274 valence electrons. The average Bonchev–Trinajstić information content (AvgIpc) is 3.07. The van der Waals surface area contributed by atoms with E-state index < -0.39 is 5.43 Å². The molecule has 0 fully saturated rings. The third kappa shape index (κ3) is 11.2. The molecule has 0 bridgehead atoms. The Hall–Kier alpha value is -4.63. The summed E-state index contributed by atoms with van der Waals surface area (Å²) in [5.74, 6) is -0.345. The fraction of sp³-hybridized carbons (Fsp3) is 0.472. The Bertz CT molecular complexity index is 1740. The Kier molecular flexibility index (Phi) is 16.0. The fourth-order valence-corrected chi connectivity index (χ4v) is 5.09. The predicted molar refractivity (Wildman–Crippen MR) is 195 cm³/mol. The number of ether oxygens (including phenoxy) is 3. The maximum absolute atomic E-state index is 14.3. The van der Waals surface area contributed by atoms with Gasteiger partial charge in [-0.2, -0.15) is 0 Å². The van der Waals surface area contributed by atoms with E-state index in [4.69, 9.17) is 30.1 Å². The monoisotopic (exact) mass is 696 g/mol. The van der Waals surface area contributed by atoms with E-state index in [-0.39, 0.29) is 82.8 Å². The number of aromatic hydroxyl groups is 1. The van der Waals surface area contributed by atoms with Crippen molar-refractivity contribution in [2.75, 3.05) is 72.7 Å². The first-order valence-corrected chi connectivity index (χ1v) is 16.7. The van der Waals surface area contributed by atoms with E-state index in [1.807, 2.05) is 39.8 Å². The van der Waals surface area contributed by atoms with E-state index >= 15 is 0 Å². The van der Waals surface area contributed by atoms with Gasteiger partial charge in [-0.25, -0.2) is 0 Å². The Morgan fingerprint density at radius 2 is 1.26 bits per heavy atom. The minimum Gasteiger partial charge on any atom is -0.507 e. The van der Waals surface area contributed by atoms with Gasteiger partial charge in [0.1, 0.15) is 28.1 Å². The summed E-state index contributed by atoms with van der Waals surface area (Å²) in [7, 11) is 1.46. The number of hydrogen-bond acceptors (Lipinski definition) is 12. The molecule has 0 saturated heterocycles. The summed E-state index contributed by atoms with van der Waals surface area (Å²) in [5.41, 5.74) is 13.5. The number of benzene rings is 2. The van der Waals surface area contributed by atoms with Gasteiger partial charge in [0, 0.05) is 75.6 Å². The molecule has 9 N–H and O–H groups in total. The van der Waals surface area contributed by atoms with Crippen molar-refractivity contribution in [1.82, 2.24) is 21.3 Å². The molecule has 1 aromatic heterocycles. The zero-order chi connectivity index (χ0) is 36.6. The van der Waals surface area contributed by atoms with Gasteiger partial charge in [0.2, 0.25) is 5.43 Å². The number of carbonyl (C=O) groups is 2. The molecule has 0 unspecified atom stereocenters. The van der Waals surface area contributed by atoms with Gasteiger partial charge in [-0.15, -0.1) is 0 Å². The van der Waals surface area contributed by atoms with Crippen LogP contribution < -0.4 is 52.4 Å². The number of nitrogens with two attached hydrogens (primary N) is 2. The lowest BCUT2D eigenvalue weighted by Gasteiger charge is -2.18. The molecule has 14 nitrogen and oxygen atoms in total. The maximum atomic E-state index is 14.3. The molecule has 0 atom stereocenters. The van der Waals surface area contributed by atoms with Crippen LogP contribution in [0.2, 0.25) is 0 Å². The number of hydrogen-bond donors (Lipinski definition) is 7. The van der Waals surface area contributed by atoms with Gasteiger partial charge < -0.3 is 56.5 Å². The van der Waals surface area contributed by atoms with Crippen molar-refractivity contribution in [2.45, 2.75) is 40.5 Å². The zero-order valence-electron chi connectivity index (χ0n) is 29.8. The van der Waals surface area contributed by atoms with Crippen LogP contribution in [0.25, 0.3) is 21.9 Å². The van der Waals surface area contributed by atoms with Gasteiger partial charge >= 0.3 is 0 Å². The number of phenolic OH excluding ortho intramolecular Hbond substituents is 1. The van der Waals surface area contributed by atoms with Gasteiger partial charge in [0.25, 0.3) is 11.8 Å². The number of phenols is 1. The highest BCUT2D eigenvalue weighted by Gasteiger charge is 2.25. The summed E-state index contributed by atoms with van der Waals surface area (Å²) >= 11 is 0. The molecular formula is C36H52N6O8. The summed E-state index contributed by atoms with van der Waals surface area (Å²) in [6.07, 6.45) is 4.35. The first kappa shape index (κ1) is 39.8. The van der Waals surface area contributed by atoms with Gasteiger partial charge in [-0.3, -0.25) is 14.4 Å². The molecule has 0 aliphatic carbocycles. The van der Waals surface area contributed by atoms with Crippen molar-refractivity contribution in [3.05, 3.63) is 56.8 Å². The summed E-state index contributed by atoms with van der Waals surface area (Å²) in [6.45, 7) is 11.2. The number of fused-ring (bicyclic) bond motifs is 2. The van der Waals surface area contributed by atoms with Crippen LogP contribution in [0.4, 0.5) is 0 Å². The lowest BCUT2D eigenvalue weighted by atomic mass is 9.98. The van der Waals surface area contributed by atoms with Crippen LogP contribution in [0.5, 0.6) is 23.0 Å². The van der Waals surface area contributed by atoms with Crippen LogP contribution in [0.3, 0.4) is 0 Å². The minimum atomic E-state index is -0.476. The Morgan fingerprint density at radius 1 is 0.760 bits per heavy atom. The predicted octanol–water partition coefficient (Wildman–Crippen LogP) is 1.76. The SMILES string of the molecule is COc1c(OCC(=O)NCCNCCN)cc2oc3cc(OCC(=O)NCCNCCN)c(CC=C(C)C)c(O)c3c(=O)c2c1CC=C(C)C. The van der Waals surface area contributed by atoms with E-state index in [9.17, 15) is 19.5 Å². The zero-order valence-corrected chi connectivity index (χ0v) is 29.8. The number of nitrogens with one attached hydrogen (secondary N) is 4. The summed E-state index contributed by atoms with van der Waals surface area (Å²) in [4.78, 5) is 39.4. The van der Waals surface area contributed by atoms with E-state index in [1.54, 1.807) is 0 Å². The van der Waals surface area contributed by atoms with Gasteiger partial charge in [0.15, 0.2) is 24.7 Å². The fourth-order valence-electron chi connectivity index (χ4n) is 5.09. The first-order chi connectivity index (χ1) is 24.0. The normalized spacial score (nSPS) is 10.9. The molecule has 50 heavy (non-hydrogen) atoms. The second kappa shape index (κ2) is 20.1. The van der Waals surface area contributed by atoms with E-state index in [1.165, 1.54) is 19.2 Å². The smallest absolute Gasteiger partial charge is 0.257 e. The molecule has 3 rings (SSSR count). The molecule has 0 aliphatic heterocycles. The molecule has 2 amide bonds. The maximum Gasteiger partial charge on any atom is 0.257 e. The summed E-state index contributed by atoms with van der Waals surface area (Å²) in [5, 5.41) is 23.5. The number of methoxy groups -OCH3 is 1. The molecule has 1 heterocycles. The molecule has 0 aliphatic rings. The van der Waals surface area contributed by atoms with E-state index in [0.29, 0.717) is 63.5 Å². The number of amides is 2. The number of carbonyl (C=O) groups excluding carboxylic acids is 2. The van der Waals surface area contributed by atoms with Crippen molar-refractivity contribution in [2.24, 2.45) is 11.5 Å². The molecule has 3 aromatic rings. The van der Waals surface area contributed by atoms with Crippen molar-refractivity contribution in [1.29, 1.82) is 0 Å². The standard InChI is InChI=1S/C36H52N6O8/c1-22(2)6-8-24-26(48-20-30(43)41-16-14-39-12-10-37)18-28-33(34(24)45)35(46)32-25(9-7-23(3)4)36(47-5)29(19-27(32)50-28)49-21-31(44)42-17-15-40-13-11-38/h6-7,18-19,39-40,45H,8-17,20-21,37-38H2,1-5H3,(H,41,43)(H,42,44). The average molecular weight is 697 g/mol. The molecule has 2 aromatic carbocycles. The highest BCUT2D eigenvalue weighted by Crippen LogP contribution is 2.41. The van der Waals surface area contributed by atoms with Crippen molar-refractivity contribution in [3.63, 3.8) is 0 Å². The molecule has 0 saturated carbocycles. The Morgan fingerprint density at radius 3 is 1.78 bits per heavy atom. The lowest BCUT2D eigenvalue weighted by molar-refractivity contribution is -0.123.